The van der Waals surface area contributed by atoms with Gasteiger partial charge in [0.05, 0.1) is 11.2 Å². The Morgan fingerprint density at radius 1 is 0.939 bits per heavy atom. The minimum atomic E-state index is -0.619. The second-order valence-corrected chi connectivity index (χ2v) is 8.71. The summed E-state index contributed by atoms with van der Waals surface area (Å²) in [6.45, 7) is 3.42. The largest absolute Gasteiger partial charge is 0.507 e. The van der Waals surface area contributed by atoms with Gasteiger partial charge in [0, 0.05) is 47.9 Å². The topological polar surface area (TPSA) is 62.4 Å². The lowest BCUT2D eigenvalue weighted by molar-refractivity contribution is 0.473. The Balaban J connectivity index is 1.76. The van der Waals surface area contributed by atoms with Crippen molar-refractivity contribution in [3.63, 3.8) is 0 Å². The molecule has 0 amide bonds. The van der Waals surface area contributed by atoms with E-state index in [9.17, 15) is 13.9 Å². The van der Waals surface area contributed by atoms with Gasteiger partial charge in [-0.2, -0.15) is 0 Å². The molecule has 1 saturated heterocycles. The number of fused-ring (bicyclic) bond motifs is 1. The van der Waals surface area contributed by atoms with Gasteiger partial charge in [-0.3, -0.25) is 4.98 Å². The molecule has 0 saturated carbocycles. The van der Waals surface area contributed by atoms with Crippen LogP contribution < -0.4 is 10.6 Å². The first kappa shape index (κ1) is 21.3. The average molecular weight is 446 g/mol. The van der Waals surface area contributed by atoms with Crippen LogP contribution in [0, 0.1) is 18.6 Å². The number of piperidine rings is 1. The van der Waals surface area contributed by atoms with Crippen molar-refractivity contribution in [2.45, 2.75) is 25.8 Å². The van der Waals surface area contributed by atoms with Gasteiger partial charge < -0.3 is 15.7 Å². The van der Waals surface area contributed by atoms with Crippen LogP contribution in [0.1, 0.15) is 18.4 Å². The minimum Gasteiger partial charge on any atom is -0.507 e. The molecule has 2 heterocycles. The molecule has 5 rings (SSSR count). The molecule has 1 aromatic heterocycles. The van der Waals surface area contributed by atoms with E-state index in [4.69, 9.17) is 5.73 Å². The summed E-state index contributed by atoms with van der Waals surface area (Å²) >= 11 is 0. The van der Waals surface area contributed by atoms with Gasteiger partial charge in [-0.05, 0) is 60.7 Å². The van der Waals surface area contributed by atoms with Crippen LogP contribution in [0.25, 0.3) is 33.2 Å². The van der Waals surface area contributed by atoms with Crippen molar-refractivity contribution in [3.05, 3.63) is 78.0 Å². The van der Waals surface area contributed by atoms with E-state index >= 15 is 0 Å². The number of benzene rings is 3. The normalized spacial score (nSPS) is 14.7. The monoisotopic (exact) mass is 445 g/mol. The first-order valence-corrected chi connectivity index (χ1v) is 11.1. The number of aryl methyl sites for hydroxylation is 1. The second kappa shape index (κ2) is 8.45. The standard InChI is InChI=1S/C27H25F2N3O/c1-16-3-2-4-22(27(16)33)24-15-31-25-6-5-17(18-11-19(28)14-20(29)12-18)13-23(25)26(24)32-9-7-21(30)8-10-32/h2-6,11-15,21,33H,7-10,30H2,1H3. The first-order valence-electron chi connectivity index (χ1n) is 11.1. The molecule has 3 aromatic carbocycles. The highest BCUT2D eigenvalue weighted by Gasteiger charge is 2.23. The number of phenolic OH excluding ortho intramolecular Hbond substituents is 1. The van der Waals surface area contributed by atoms with Crippen LogP contribution in [0.2, 0.25) is 0 Å². The fraction of sp³-hybridized carbons (Fsp3) is 0.222. The maximum absolute atomic E-state index is 13.9. The Bertz CT molecular complexity index is 1330. The molecule has 4 nitrogen and oxygen atoms in total. The molecule has 0 aliphatic carbocycles. The lowest BCUT2D eigenvalue weighted by atomic mass is 9.95. The minimum absolute atomic E-state index is 0.163. The van der Waals surface area contributed by atoms with Gasteiger partial charge in [0.25, 0.3) is 0 Å². The molecule has 1 fully saturated rings. The summed E-state index contributed by atoms with van der Waals surface area (Å²) in [5, 5.41) is 11.7. The molecule has 1 aliphatic rings. The van der Waals surface area contributed by atoms with Crippen molar-refractivity contribution in [1.82, 2.24) is 4.98 Å². The van der Waals surface area contributed by atoms with Gasteiger partial charge in [-0.15, -0.1) is 0 Å². The van der Waals surface area contributed by atoms with Crippen LogP contribution in [0.15, 0.2) is 60.8 Å². The fourth-order valence-corrected chi connectivity index (χ4v) is 4.62. The van der Waals surface area contributed by atoms with Crippen LogP contribution in [-0.4, -0.2) is 29.2 Å². The summed E-state index contributed by atoms with van der Waals surface area (Å²) in [4.78, 5) is 6.94. The molecule has 6 heteroatoms. The number of para-hydroxylation sites is 1. The van der Waals surface area contributed by atoms with Crippen molar-refractivity contribution in [1.29, 1.82) is 0 Å². The zero-order valence-corrected chi connectivity index (χ0v) is 18.4. The summed E-state index contributed by atoms with van der Waals surface area (Å²) < 4.78 is 27.8. The summed E-state index contributed by atoms with van der Waals surface area (Å²) in [6.07, 6.45) is 3.51. The van der Waals surface area contributed by atoms with Gasteiger partial charge in [0.15, 0.2) is 0 Å². The number of halogens is 2. The summed E-state index contributed by atoms with van der Waals surface area (Å²) in [5.41, 5.74) is 11.4. The number of hydrogen-bond acceptors (Lipinski definition) is 4. The van der Waals surface area contributed by atoms with Crippen LogP contribution in [0.5, 0.6) is 5.75 Å². The van der Waals surface area contributed by atoms with E-state index in [-0.39, 0.29) is 11.8 Å². The second-order valence-electron chi connectivity index (χ2n) is 8.71. The lowest BCUT2D eigenvalue weighted by Crippen LogP contribution is -2.40. The number of nitrogens with zero attached hydrogens (tertiary/aromatic N) is 2. The summed E-state index contributed by atoms with van der Waals surface area (Å²) in [5.74, 6) is -1.02. The maximum atomic E-state index is 13.9. The van der Waals surface area contributed by atoms with E-state index in [0.29, 0.717) is 16.7 Å². The Kier molecular flexibility index (Phi) is 5.46. The Morgan fingerprint density at radius 3 is 2.39 bits per heavy atom. The molecule has 4 aromatic rings. The predicted molar refractivity (Wildman–Crippen MR) is 128 cm³/mol. The summed E-state index contributed by atoms with van der Waals surface area (Å²) in [7, 11) is 0. The molecule has 168 valence electrons. The van der Waals surface area contributed by atoms with Gasteiger partial charge in [0.2, 0.25) is 0 Å². The quantitative estimate of drug-likeness (QED) is 0.419. The lowest BCUT2D eigenvalue weighted by Gasteiger charge is -2.34. The fourth-order valence-electron chi connectivity index (χ4n) is 4.62. The zero-order valence-electron chi connectivity index (χ0n) is 18.4. The molecular formula is C27H25F2N3O. The van der Waals surface area contributed by atoms with Crippen molar-refractivity contribution < 1.29 is 13.9 Å². The van der Waals surface area contributed by atoms with E-state index in [1.54, 1.807) is 6.20 Å². The van der Waals surface area contributed by atoms with Crippen molar-refractivity contribution >= 4 is 16.6 Å². The molecule has 1 aliphatic heterocycles. The average Bonchev–Trinajstić information content (AvgIpc) is 2.80. The first-order chi connectivity index (χ1) is 15.9. The highest BCUT2D eigenvalue weighted by Crippen LogP contribution is 2.42. The number of anilines is 1. The van der Waals surface area contributed by atoms with E-state index < -0.39 is 11.6 Å². The highest BCUT2D eigenvalue weighted by atomic mass is 19.1. The van der Waals surface area contributed by atoms with Crippen LogP contribution in [0.4, 0.5) is 14.5 Å². The number of aromatic nitrogens is 1. The van der Waals surface area contributed by atoms with Gasteiger partial charge >= 0.3 is 0 Å². The van der Waals surface area contributed by atoms with Crippen molar-refractivity contribution in [3.8, 4) is 28.0 Å². The third kappa shape index (κ3) is 4.02. The smallest absolute Gasteiger partial charge is 0.126 e. The molecule has 0 spiro atoms. The number of pyridine rings is 1. The van der Waals surface area contributed by atoms with E-state index in [0.717, 1.165) is 59.7 Å². The highest BCUT2D eigenvalue weighted by molar-refractivity contribution is 6.02. The van der Waals surface area contributed by atoms with Gasteiger partial charge in [-0.25, -0.2) is 8.78 Å². The Morgan fingerprint density at radius 2 is 1.67 bits per heavy atom. The van der Waals surface area contributed by atoms with Gasteiger partial charge in [-0.1, -0.05) is 24.3 Å². The van der Waals surface area contributed by atoms with E-state index in [2.05, 4.69) is 9.88 Å². The number of rotatable bonds is 3. The number of nitrogens with two attached hydrogens (primary N) is 1. The van der Waals surface area contributed by atoms with Gasteiger partial charge in [0.1, 0.15) is 17.4 Å². The molecule has 0 atom stereocenters. The van der Waals surface area contributed by atoms with Crippen molar-refractivity contribution in [2.24, 2.45) is 5.73 Å². The summed E-state index contributed by atoms with van der Waals surface area (Å²) in [6, 6.07) is 15.0. The maximum Gasteiger partial charge on any atom is 0.126 e. The van der Waals surface area contributed by atoms with E-state index in [1.807, 2.05) is 43.3 Å². The zero-order chi connectivity index (χ0) is 23.1. The van der Waals surface area contributed by atoms with E-state index in [1.165, 1.54) is 12.1 Å². The van der Waals surface area contributed by atoms with Crippen LogP contribution in [-0.2, 0) is 0 Å². The number of hydrogen-bond donors (Lipinski definition) is 2. The van der Waals surface area contributed by atoms with Crippen molar-refractivity contribution in [2.75, 3.05) is 18.0 Å². The predicted octanol–water partition coefficient (Wildman–Crippen LogP) is 5.79. The molecule has 0 bridgehead atoms. The Labute approximate surface area is 191 Å². The molecular weight excluding hydrogens is 420 g/mol. The molecule has 3 N–H and O–H groups in total. The van der Waals surface area contributed by atoms with Crippen LogP contribution >= 0.6 is 0 Å². The third-order valence-corrected chi connectivity index (χ3v) is 6.42. The Hall–Kier alpha value is -3.51. The molecule has 33 heavy (non-hydrogen) atoms. The molecule has 0 radical (unpaired) electrons. The third-order valence-electron chi connectivity index (χ3n) is 6.42. The van der Waals surface area contributed by atoms with Crippen LogP contribution in [0.3, 0.4) is 0 Å². The molecule has 0 unspecified atom stereocenters. The number of aromatic hydroxyl groups is 1. The number of phenols is 1. The SMILES string of the molecule is Cc1cccc(-c2cnc3ccc(-c4cc(F)cc(F)c4)cc3c2N2CCC(N)CC2)c1O.